The Morgan fingerprint density at radius 1 is 1.16 bits per heavy atom. The lowest BCUT2D eigenvalue weighted by Crippen LogP contribution is -2.54. The van der Waals surface area contributed by atoms with Crippen LogP contribution in [0.4, 0.5) is 0 Å². The Morgan fingerprint density at radius 3 is 2.28 bits per heavy atom. The smallest absolute Gasteiger partial charge is 0.220 e. The maximum absolute atomic E-state index is 12.2. The van der Waals surface area contributed by atoms with Gasteiger partial charge in [-0.05, 0) is 61.7 Å². The van der Waals surface area contributed by atoms with Crippen molar-refractivity contribution in [2.45, 2.75) is 76.0 Å². The minimum absolute atomic E-state index is 0.0128. The van der Waals surface area contributed by atoms with E-state index in [1.807, 2.05) is 0 Å². The number of rotatable bonds is 8. The van der Waals surface area contributed by atoms with Crippen molar-refractivity contribution in [1.29, 1.82) is 0 Å². The second-order valence-electron chi connectivity index (χ2n) is 8.99. The van der Waals surface area contributed by atoms with Crippen molar-refractivity contribution in [3.05, 3.63) is 0 Å². The molecule has 4 fully saturated rings. The monoisotopic (exact) mass is 343 g/mol. The molecule has 5 heteroatoms. The zero-order valence-electron chi connectivity index (χ0n) is 14.9. The van der Waals surface area contributed by atoms with E-state index >= 15 is 0 Å². The lowest BCUT2D eigenvalue weighted by Gasteiger charge is -2.58. The first-order chi connectivity index (χ1) is 12.0. The summed E-state index contributed by atoms with van der Waals surface area (Å²) >= 11 is 0. The quantitative estimate of drug-likeness (QED) is 0.665. The molecule has 0 aromatic carbocycles. The van der Waals surface area contributed by atoms with Gasteiger partial charge in [0.05, 0.1) is 6.10 Å². The van der Waals surface area contributed by atoms with Crippen LogP contribution in [0.2, 0.25) is 0 Å². The van der Waals surface area contributed by atoms with Gasteiger partial charge < -0.3 is 10.4 Å². The van der Waals surface area contributed by atoms with E-state index in [1.165, 1.54) is 19.3 Å². The van der Waals surface area contributed by atoms with Crippen LogP contribution in [0, 0.1) is 35.5 Å². The number of terminal acetylenes is 1. The zero-order valence-corrected chi connectivity index (χ0v) is 14.9. The summed E-state index contributed by atoms with van der Waals surface area (Å²) in [4.78, 5) is 12.2. The number of hydrogen-bond donors (Lipinski definition) is 2. The van der Waals surface area contributed by atoms with Crippen LogP contribution in [0.25, 0.3) is 0 Å². The van der Waals surface area contributed by atoms with Gasteiger partial charge in [0.15, 0.2) is 5.66 Å². The minimum Gasteiger partial charge on any atom is -0.391 e. The number of aliphatic hydroxyl groups is 1. The van der Waals surface area contributed by atoms with Gasteiger partial charge in [0, 0.05) is 32.2 Å². The van der Waals surface area contributed by atoms with E-state index in [1.54, 1.807) is 0 Å². The van der Waals surface area contributed by atoms with Gasteiger partial charge in [-0.2, -0.15) is 10.2 Å². The summed E-state index contributed by atoms with van der Waals surface area (Å²) in [5.74, 6) is 5.02. The first-order valence-corrected chi connectivity index (χ1v) is 9.85. The Morgan fingerprint density at radius 2 is 1.76 bits per heavy atom. The van der Waals surface area contributed by atoms with Gasteiger partial charge in [0.1, 0.15) is 0 Å². The first kappa shape index (κ1) is 17.0. The fraction of sp³-hybridized carbons (Fsp3) is 0.850. The van der Waals surface area contributed by atoms with Crippen LogP contribution in [-0.2, 0) is 4.79 Å². The number of carbonyl (C=O) groups is 1. The number of hydrogen-bond acceptors (Lipinski definition) is 4. The molecular weight excluding hydrogens is 314 g/mol. The van der Waals surface area contributed by atoms with Crippen LogP contribution in [0.15, 0.2) is 10.2 Å². The van der Waals surface area contributed by atoms with E-state index in [-0.39, 0.29) is 11.3 Å². The van der Waals surface area contributed by atoms with Crippen LogP contribution in [0.5, 0.6) is 0 Å². The summed E-state index contributed by atoms with van der Waals surface area (Å²) < 4.78 is 0. The Kier molecular flexibility index (Phi) is 4.35. The molecule has 5 rings (SSSR count). The van der Waals surface area contributed by atoms with Crippen LogP contribution in [0.1, 0.15) is 64.2 Å². The van der Waals surface area contributed by atoms with Gasteiger partial charge in [-0.1, -0.05) is 0 Å². The molecule has 1 aliphatic heterocycles. The molecule has 1 atom stereocenters. The molecule has 0 aromatic rings. The fourth-order valence-corrected chi connectivity index (χ4v) is 6.08. The predicted octanol–water partition coefficient (Wildman–Crippen LogP) is 3.04. The summed E-state index contributed by atoms with van der Waals surface area (Å²) in [6.07, 6.45) is 14.8. The van der Waals surface area contributed by atoms with Gasteiger partial charge in [-0.15, -0.1) is 12.3 Å². The number of amides is 1. The molecule has 2 N–H and O–H groups in total. The largest absolute Gasteiger partial charge is 0.391 e. The predicted molar refractivity (Wildman–Crippen MR) is 94.5 cm³/mol. The van der Waals surface area contributed by atoms with Gasteiger partial charge in [-0.25, -0.2) is 0 Å². The van der Waals surface area contributed by atoms with Crippen molar-refractivity contribution in [1.82, 2.24) is 5.32 Å². The number of nitrogens with zero attached hydrogens (tertiary/aromatic N) is 2. The first-order valence-electron chi connectivity index (χ1n) is 9.85. The Bertz CT molecular complexity index is 565. The molecule has 5 aliphatic rings. The molecule has 0 aromatic heterocycles. The van der Waals surface area contributed by atoms with Crippen molar-refractivity contribution >= 4 is 5.91 Å². The molecule has 136 valence electrons. The van der Waals surface area contributed by atoms with Crippen molar-refractivity contribution < 1.29 is 9.90 Å². The van der Waals surface area contributed by atoms with Crippen molar-refractivity contribution in [2.24, 2.45) is 33.4 Å². The molecular formula is C20H29N3O2. The molecule has 0 radical (unpaired) electrons. The summed E-state index contributed by atoms with van der Waals surface area (Å²) in [6.45, 7) is 0.386. The summed E-state index contributed by atoms with van der Waals surface area (Å²) in [5, 5.41) is 21.9. The average Bonchev–Trinajstić information content (AvgIpc) is 3.35. The minimum atomic E-state index is -0.407. The highest BCUT2D eigenvalue weighted by atomic mass is 16.3. The molecule has 4 bridgehead atoms. The fourth-order valence-electron chi connectivity index (χ4n) is 6.08. The van der Waals surface area contributed by atoms with E-state index in [2.05, 4.69) is 21.5 Å². The molecule has 1 unspecified atom stereocenters. The normalized spacial score (nSPS) is 37.5. The zero-order chi connectivity index (χ0) is 17.5. The molecule has 1 amide bonds. The van der Waals surface area contributed by atoms with Crippen LogP contribution in [0.3, 0.4) is 0 Å². The molecule has 4 saturated carbocycles. The van der Waals surface area contributed by atoms with E-state index in [0.29, 0.717) is 25.8 Å². The Labute approximate surface area is 150 Å². The summed E-state index contributed by atoms with van der Waals surface area (Å²) in [6, 6.07) is 0. The van der Waals surface area contributed by atoms with E-state index in [9.17, 15) is 9.90 Å². The lowest BCUT2D eigenvalue weighted by molar-refractivity contribution is -0.129. The van der Waals surface area contributed by atoms with Gasteiger partial charge in [0.25, 0.3) is 0 Å². The second kappa shape index (κ2) is 6.39. The standard InChI is InChI=1S/C20H29N3O2/c1-2-3-5-20(22-23-20)6-4-18(25)21-13-17(24)19-10-14-7-15(11-19)9-16(8-14)12-19/h1,14-17,24H,3-13H2,(H,21,25). The molecule has 0 saturated heterocycles. The molecule has 1 heterocycles. The highest BCUT2D eigenvalue weighted by molar-refractivity contribution is 5.76. The van der Waals surface area contributed by atoms with Crippen molar-refractivity contribution in [3.63, 3.8) is 0 Å². The van der Waals surface area contributed by atoms with Crippen LogP contribution < -0.4 is 5.32 Å². The van der Waals surface area contributed by atoms with Crippen molar-refractivity contribution in [2.75, 3.05) is 6.54 Å². The third kappa shape index (κ3) is 3.46. The number of nitrogens with one attached hydrogen (secondary N) is 1. The van der Waals surface area contributed by atoms with E-state index in [4.69, 9.17) is 6.42 Å². The maximum atomic E-state index is 12.2. The van der Waals surface area contributed by atoms with E-state index < -0.39 is 11.8 Å². The SMILES string of the molecule is C#CCCC1(CCC(=O)NCC(O)C23CC4CC(CC(C4)C2)C3)N=N1. The van der Waals surface area contributed by atoms with Gasteiger partial charge in [-0.3, -0.25) is 4.79 Å². The molecule has 0 spiro atoms. The molecule has 25 heavy (non-hydrogen) atoms. The van der Waals surface area contributed by atoms with Crippen LogP contribution >= 0.6 is 0 Å². The third-order valence-electron chi connectivity index (χ3n) is 7.09. The van der Waals surface area contributed by atoms with Gasteiger partial charge >= 0.3 is 0 Å². The number of aliphatic hydroxyl groups excluding tert-OH is 1. The topological polar surface area (TPSA) is 74.0 Å². The average molecular weight is 343 g/mol. The number of carbonyl (C=O) groups excluding carboxylic acids is 1. The molecule has 5 nitrogen and oxygen atoms in total. The van der Waals surface area contributed by atoms with E-state index in [0.717, 1.165) is 43.4 Å². The lowest BCUT2D eigenvalue weighted by atomic mass is 9.48. The van der Waals surface area contributed by atoms with Gasteiger partial charge in [0.2, 0.25) is 5.91 Å². The highest BCUT2D eigenvalue weighted by Gasteiger charge is 2.53. The van der Waals surface area contributed by atoms with Crippen LogP contribution in [-0.4, -0.2) is 29.3 Å². The Balaban J connectivity index is 1.23. The molecule has 4 aliphatic carbocycles. The third-order valence-corrected chi connectivity index (χ3v) is 7.09. The second-order valence-corrected chi connectivity index (χ2v) is 8.99. The Hall–Kier alpha value is -1.41. The summed E-state index contributed by atoms with van der Waals surface area (Å²) in [7, 11) is 0. The highest BCUT2D eigenvalue weighted by Crippen LogP contribution is 2.61. The maximum Gasteiger partial charge on any atom is 0.220 e. The van der Waals surface area contributed by atoms with Crippen molar-refractivity contribution in [3.8, 4) is 12.3 Å². The summed E-state index contributed by atoms with van der Waals surface area (Å²) in [5.41, 5.74) is -0.334.